The summed E-state index contributed by atoms with van der Waals surface area (Å²) in [6.45, 7) is 6.63. The SMILES string of the molecule is CC(C)[C@@H]1CC[C@@H](C)C[C@H]1OC(=O)N[C@H]1CCCC[C@@H]1OC(=O)c1ccccc1. The lowest BCUT2D eigenvalue weighted by atomic mass is 9.75. The lowest BCUT2D eigenvalue weighted by Gasteiger charge is -2.37. The van der Waals surface area contributed by atoms with E-state index in [2.05, 4.69) is 26.1 Å². The van der Waals surface area contributed by atoms with Gasteiger partial charge in [0.15, 0.2) is 0 Å². The molecule has 1 amide bonds. The standard InChI is InChI=1S/C24H35NO4/c1-16(2)19-14-13-17(3)15-22(19)29-24(27)25-20-11-7-8-12-21(20)28-23(26)18-9-5-4-6-10-18/h4-6,9-10,16-17,19-22H,7-8,11-15H2,1-3H3,(H,25,27)/t17-,19+,20+,21+,22-/m1/s1. The Bertz CT molecular complexity index is 675. The minimum atomic E-state index is -0.373. The number of carbonyl (C=O) groups is 2. The largest absolute Gasteiger partial charge is 0.457 e. The maximum atomic E-state index is 12.7. The van der Waals surface area contributed by atoms with Gasteiger partial charge in [-0.2, -0.15) is 0 Å². The molecule has 1 N–H and O–H groups in total. The summed E-state index contributed by atoms with van der Waals surface area (Å²) in [5.41, 5.74) is 0.537. The van der Waals surface area contributed by atoms with Gasteiger partial charge in [0.2, 0.25) is 0 Å². The number of benzene rings is 1. The highest BCUT2D eigenvalue weighted by molar-refractivity contribution is 5.89. The highest BCUT2D eigenvalue weighted by Gasteiger charge is 2.35. The summed E-state index contributed by atoms with van der Waals surface area (Å²) in [7, 11) is 0. The molecule has 0 aliphatic heterocycles. The Balaban J connectivity index is 1.57. The molecule has 5 atom stereocenters. The molecule has 3 rings (SSSR count). The van der Waals surface area contributed by atoms with Gasteiger partial charge in [0, 0.05) is 0 Å². The molecule has 0 spiro atoms. The van der Waals surface area contributed by atoms with E-state index in [-0.39, 0.29) is 30.3 Å². The van der Waals surface area contributed by atoms with E-state index in [0.717, 1.165) is 38.5 Å². The maximum absolute atomic E-state index is 12.7. The van der Waals surface area contributed by atoms with Crippen molar-refractivity contribution in [2.24, 2.45) is 17.8 Å². The number of amides is 1. The van der Waals surface area contributed by atoms with Crippen molar-refractivity contribution in [1.29, 1.82) is 0 Å². The van der Waals surface area contributed by atoms with Crippen LogP contribution in [0.1, 0.15) is 76.1 Å². The van der Waals surface area contributed by atoms with Crippen molar-refractivity contribution in [3.8, 4) is 0 Å². The van der Waals surface area contributed by atoms with E-state index in [1.165, 1.54) is 6.42 Å². The molecule has 0 radical (unpaired) electrons. The first-order chi connectivity index (χ1) is 13.9. The molecule has 0 heterocycles. The van der Waals surface area contributed by atoms with Crippen molar-refractivity contribution < 1.29 is 19.1 Å². The van der Waals surface area contributed by atoms with Crippen LogP contribution in [0.5, 0.6) is 0 Å². The van der Waals surface area contributed by atoms with Gasteiger partial charge in [0.1, 0.15) is 12.2 Å². The van der Waals surface area contributed by atoms with E-state index >= 15 is 0 Å². The number of rotatable bonds is 5. The second kappa shape index (κ2) is 10.1. The fourth-order valence-corrected chi connectivity index (χ4v) is 4.76. The average Bonchev–Trinajstić information content (AvgIpc) is 2.70. The quantitative estimate of drug-likeness (QED) is 0.676. The van der Waals surface area contributed by atoms with Crippen LogP contribution in [0.2, 0.25) is 0 Å². The van der Waals surface area contributed by atoms with Gasteiger partial charge in [-0.15, -0.1) is 0 Å². The van der Waals surface area contributed by atoms with E-state index < -0.39 is 0 Å². The number of nitrogens with one attached hydrogen (secondary N) is 1. The van der Waals surface area contributed by atoms with Crippen molar-refractivity contribution >= 4 is 12.1 Å². The minimum Gasteiger partial charge on any atom is -0.457 e. The highest BCUT2D eigenvalue weighted by atomic mass is 16.6. The minimum absolute atomic E-state index is 0.0346. The van der Waals surface area contributed by atoms with Crippen LogP contribution in [0.25, 0.3) is 0 Å². The van der Waals surface area contributed by atoms with Gasteiger partial charge in [0.05, 0.1) is 11.6 Å². The molecule has 2 fully saturated rings. The fourth-order valence-electron chi connectivity index (χ4n) is 4.76. The Kier molecular flexibility index (Phi) is 7.57. The van der Waals surface area contributed by atoms with E-state index in [1.807, 2.05) is 18.2 Å². The van der Waals surface area contributed by atoms with E-state index in [0.29, 0.717) is 23.3 Å². The van der Waals surface area contributed by atoms with Gasteiger partial charge >= 0.3 is 12.1 Å². The summed E-state index contributed by atoms with van der Waals surface area (Å²) in [6.07, 6.45) is 6.09. The molecule has 0 saturated heterocycles. The zero-order valence-electron chi connectivity index (χ0n) is 17.9. The third-order valence-corrected chi connectivity index (χ3v) is 6.49. The lowest BCUT2D eigenvalue weighted by Crippen LogP contribution is -2.49. The average molecular weight is 402 g/mol. The molecule has 1 aromatic carbocycles. The summed E-state index contributed by atoms with van der Waals surface area (Å²) in [4.78, 5) is 25.1. The molecular weight excluding hydrogens is 366 g/mol. The summed E-state index contributed by atoms with van der Waals surface area (Å²) in [5.74, 6) is 1.15. The smallest absolute Gasteiger partial charge is 0.407 e. The van der Waals surface area contributed by atoms with E-state index in [9.17, 15) is 9.59 Å². The second-order valence-electron chi connectivity index (χ2n) is 9.11. The van der Waals surface area contributed by atoms with Crippen molar-refractivity contribution in [2.75, 3.05) is 0 Å². The normalized spacial score (nSPS) is 29.9. The molecule has 160 valence electrons. The first-order valence-corrected chi connectivity index (χ1v) is 11.2. The number of alkyl carbamates (subject to hydrolysis) is 1. The van der Waals surface area contributed by atoms with Crippen LogP contribution in [0.15, 0.2) is 30.3 Å². The number of hydrogen-bond acceptors (Lipinski definition) is 4. The second-order valence-corrected chi connectivity index (χ2v) is 9.11. The molecule has 2 aliphatic carbocycles. The molecule has 0 aromatic heterocycles. The van der Waals surface area contributed by atoms with Crippen molar-refractivity contribution in [3.05, 3.63) is 35.9 Å². The van der Waals surface area contributed by atoms with Crippen molar-refractivity contribution in [3.63, 3.8) is 0 Å². The third kappa shape index (κ3) is 5.97. The van der Waals surface area contributed by atoms with Crippen LogP contribution in [0, 0.1) is 17.8 Å². The molecule has 29 heavy (non-hydrogen) atoms. The molecule has 2 saturated carbocycles. The molecule has 1 aromatic rings. The monoisotopic (exact) mass is 401 g/mol. The Labute approximate surface area is 174 Å². The molecular formula is C24H35NO4. The molecule has 5 nitrogen and oxygen atoms in total. The van der Waals surface area contributed by atoms with Crippen LogP contribution in [-0.4, -0.2) is 30.3 Å². The van der Waals surface area contributed by atoms with Gasteiger partial charge in [-0.1, -0.05) is 51.8 Å². The van der Waals surface area contributed by atoms with Crippen LogP contribution < -0.4 is 5.32 Å². The van der Waals surface area contributed by atoms with Gasteiger partial charge in [-0.25, -0.2) is 9.59 Å². The molecule has 2 aliphatic rings. The summed E-state index contributed by atoms with van der Waals surface area (Å²) in [6, 6.07) is 8.81. The summed E-state index contributed by atoms with van der Waals surface area (Å²) >= 11 is 0. The van der Waals surface area contributed by atoms with Gasteiger partial charge in [0.25, 0.3) is 0 Å². The van der Waals surface area contributed by atoms with Gasteiger partial charge < -0.3 is 14.8 Å². The third-order valence-electron chi connectivity index (χ3n) is 6.49. The summed E-state index contributed by atoms with van der Waals surface area (Å²) in [5, 5.41) is 3.01. The maximum Gasteiger partial charge on any atom is 0.407 e. The van der Waals surface area contributed by atoms with Crippen molar-refractivity contribution in [2.45, 2.75) is 84.0 Å². The first kappa shape index (κ1) is 21.7. The number of ether oxygens (including phenoxy) is 2. The zero-order valence-corrected chi connectivity index (χ0v) is 17.9. The van der Waals surface area contributed by atoms with E-state index in [4.69, 9.17) is 9.47 Å². The van der Waals surface area contributed by atoms with Crippen LogP contribution in [0.4, 0.5) is 4.79 Å². The zero-order chi connectivity index (χ0) is 20.8. The Morgan fingerprint density at radius 1 is 0.966 bits per heavy atom. The van der Waals surface area contributed by atoms with Crippen LogP contribution in [-0.2, 0) is 9.47 Å². The lowest BCUT2D eigenvalue weighted by molar-refractivity contribution is -0.00766. The Morgan fingerprint density at radius 3 is 2.41 bits per heavy atom. The Hall–Kier alpha value is -2.04. The van der Waals surface area contributed by atoms with Crippen LogP contribution in [0.3, 0.4) is 0 Å². The summed E-state index contributed by atoms with van der Waals surface area (Å²) < 4.78 is 11.6. The number of esters is 1. The van der Waals surface area contributed by atoms with Crippen LogP contribution >= 0.6 is 0 Å². The van der Waals surface area contributed by atoms with Gasteiger partial charge in [-0.3, -0.25) is 0 Å². The molecule has 5 heteroatoms. The first-order valence-electron chi connectivity index (χ1n) is 11.2. The predicted molar refractivity (Wildman–Crippen MR) is 113 cm³/mol. The Morgan fingerprint density at radius 2 is 1.69 bits per heavy atom. The number of hydrogen-bond donors (Lipinski definition) is 1. The molecule has 0 bridgehead atoms. The van der Waals surface area contributed by atoms with Crippen molar-refractivity contribution in [1.82, 2.24) is 5.32 Å². The highest BCUT2D eigenvalue weighted by Crippen LogP contribution is 2.35. The fraction of sp³-hybridized carbons (Fsp3) is 0.667. The number of carbonyl (C=O) groups excluding carboxylic acids is 2. The van der Waals surface area contributed by atoms with Gasteiger partial charge in [-0.05, 0) is 62.0 Å². The predicted octanol–water partition coefficient (Wildman–Crippen LogP) is 5.34. The molecule has 0 unspecified atom stereocenters. The van der Waals surface area contributed by atoms with E-state index in [1.54, 1.807) is 12.1 Å². The topological polar surface area (TPSA) is 64.6 Å².